The average molecular weight is 634 g/mol. The lowest BCUT2D eigenvalue weighted by atomic mass is 9.91. The first-order valence-corrected chi connectivity index (χ1v) is 16.3. The number of benzene rings is 3. The van der Waals surface area contributed by atoms with Crippen molar-refractivity contribution in [1.82, 2.24) is 20.2 Å². The highest BCUT2D eigenvalue weighted by Gasteiger charge is 2.49. The Balaban J connectivity index is 1.32. The van der Waals surface area contributed by atoms with Crippen LogP contribution in [0, 0.1) is 11.6 Å². The number of rotatable bonds is 7. The Hall–Kier alpha value is -3.83. The molecule has 2 unspecified atom stereocenters. The van der Waals surface area contributed by atoms with Gasteiger partial charge in [-0.1, -0.05) is 13.0 Å². The summed E-state index contributed by atoms with van der Waals surface area (Å²) in [5, 5.41) is 15.9. The molecule has 4 aliphatic heterocycles. The van der Waals surface area contributed by atoms with Gasteiger partial charge in [0.15, 0.2) is 5.82 Å². The molecule has 1 aromatic heterocycles. The summed E-state index contributed by atoms with van der Waals surface area (Å²) in [5.74, 6) is -0.383. The minimum Gasteiger partial charge on any atom is -0.508 e. The predicted molar refractivity (Wildman–Crippen MR) is 171 cm³/mol. The van der Waals surface area contributed by atoms with Crippen LogP contribution in [0.5, 0.6) is 17.5 Å². The van der Waals surface area contributed by atoms with E-state index in [4.69, 9.17) is 14.5 Å². The maximum atomic E-state index is 17.2. The fourth-order valence-electron chi connectivity index (χ4n) is 8.55. The summed E-state index contributed by atoms with van der Waals surface area (Å²) in [4.78, 5) is 13.8. The number of halogens is 3. The van der Waals surface area contributed by atoms with Crippen molar-refractivity contribution in [3.8, 4) is 28.6 Å². The Morgan fingerprint density at radius 2 is 1.89 bits per heavy atom. The monoisotopic (exact) mass is 633 g/mol. The topological polar surface area (TPSA) is 83.0 Å². The fourth-order valence-corrected chi connectivity index (χ4v) is 8.55. The van der Waals surface area contributed by atoms with Crippen LogP contribution in [-0.2, 0) is 6.42 Å². The zero-order valence-corrected chi connectivity index (χ0v) is 26.1. The van der Waals surface area contributed by atoms with Gasteiger partial charge in [-0.3, -0.25) is 4.90 Å². The van der Waals surface area contributed by atoms with Gasteiger partial charge in [-0.2, -0.15) is 9.97 Å². The SMILES string of the molecule is CCc1c(F)ccc2cc(O)cc(-c3c(OC)cc4c(N5CC6CCC(C5)N6)nc(OC[C@@]56CCCN5C[C@H](F)C6)nc4c3F)c12. The highest BCUT2D eigenvalue weighted by molar-refractivity contribution is 6.05. The molecule has 2 bridgehead atoms. The Morgan fingerprint density at radius 1 is 1.09 bits per heavy atom. The number of nitrogens with one attached hydrogen (secondary N) is 1. The summed E-state index contributed by atoms with van der Waals surface area (Å²) in [6, 6.07) is 8.31. The van der Waals surface area contributed by atoms with E-state index in [-0.39, 0.29) is 35.2 Å². The molecule has 0 radical (unpaired) electrons. The second-order valence-electron chi connectivity index (χ2n) is 13.4. The third kappa shape index (κ3) is 4.73. The van der Waals surface area contributed by atoms with Crippen LogP contribution in [0.15, 0.2) is 30.3 Å². The summed E-state index contributed by atoms with van der Waals surface area (Å²) >= 11 is 0. The summed E-state index contributed by atoms with van der Waals surface area (Å²) in [6.07, 6.45) is 3.76. The number of aromatic nitrogens is 2. The summed E-state index contributed by atoms with van der Waals surface area (Å²) < 4.78 is 58.9. The molecule has 3 aromatic carbocycles. The van der Waals surface area contributed by atoms with E-state index in [0.717, 1.165) is 32.2 Å². The van der Waals surface area contributed by atoms with Gasteiger partial charge < -0.3 is 24.8 Å². The molecule has 46 heavy (non-hydrogen) atoms. The summed E-state index contributed by atoms with van der Waals surface area (Å²) in [7, 11) is 1.46. The summed E-state index contributed by atoms with van der Waals surface area (Å²) in [6.45, 7) is 4.68. The van der Waals surface area contributed by atoms with Crippen LogP contribution in [-0.4, -0.2) is 83.7 Å². The molecular formula is C35H38F3N5O3. The van der Waals surface area contributed by atoms with E-state index < -0.39 is 23.3 Å². The van der Waals surface area contributed by atoms with E-state index in [1.165, 1.54) is 19.2 Å². The van der Waals surface area contributed by atoms with Gasteiger partial charge in [0, 0.05) is 49.1 Å². The number of nitrogens with zero attached hydrogens (tertiary/aromatic N) is 4. The van der Waals surface area contributed by atoms with E-state index >= 15 is 8.78 Å². The van der Waals surface area contributed by atoms with Crippen LogP contribution >= 0.6 is 0 Å². The number of alkyl halides is 1. The van der Waals surface area contributed by atoms with E-state index in [1.807, 2.05) is 6.92 Å². The molecule has 0 aliphatic carbocycles. The van der Waals surface area contributed by atoms with Crippen molar-refractivity contribution in [2.45, 2.75) is 69.2 Å². The van der Waals surface area contributed by atoms with Gasteiger partial charge in [0.2, 0.25) is 0 Å². The summed E-state index contributed by atoms with van der Waals surface area (Å²) in [5.41, 5.74) is 0.426. The van der Waals surface area contributed by atoms with Gasteiger partial charge in [-0.15, -0.1) is 0 Å². The number of hydrogen-bond donors (Lipinski definition) is 2. The van der Waals surface area contributed by atoms with E-state index in [0.29, 0.717) is 77.7 Å². The number of methoxy groups -OCH3 is 1. The molecule has 4 atom stereocenters. The van der Waals surface area contributed by atoms with Crippen molar-refractivity contribution < 1.29 is 27.8 Å². The van der Waals surface area contributed by atoms with Crippen LogP contribution in [0.4, 0.5) is 19.0 Å². The lowest BCUT2D eigenvalue weighted by molar-refractivity contribution is 0.107. The van der Waals surface area contributed by atoms with E-state index in [2.05, 4.69) is 20.1 Å². The smallest absolute Gasteiger partial charge is 0.319 e. The molecule has 4 aromatic rings. The first-order valence-electron chi connectivity index (χ1n) is 16.3. The molecule has 242 valence electrons. The minimum atomic E-state index is -0.907. The molecule has 0 spiro atoms. The number of aromatic hydroxyl groups is 1. The number of phenolic OH excluding ortho intramolecular Hbond substituents is 1. The number of aryl methyl sites for hydroxylation is 1. The van der Waals surface area contributed by atoms with Crippen LogP contribution in [0.3, 0.4) is 0 Å². The Morgan fingerprint density at radius 3 is 2.65 bits per heavy atom. The molecule has 4 aliphatic rings. The average Bonchev–Trinajstić information content (AvgIpc) is 3.69. The van der Waals surface area contributed by atoms with Gasteiger partial charge in [0.1, 0.15) is 41.4 Å². The minimum absolute atomic E-state index is 0.0352. The van der Waals surface area contributed by atoms with Crippen LogP contribution in [0.25, 0.3) is 32.8 Å². The number of ether oxygens (including phenoxy) is 2. The zero-order chi connectivity index (χ0) is 31.7. The number of anilines is 1. The van der Waals surface area contributed by atoms with Crippen molar-refractivity contribution in [2.24, 2.45) is 0 Å². The predicted octanol–water partition coefficient (Wildman–Crippen LogP) is 5.90. The molecule has 4 fully saturated rings. The molecule has 8 rings (SSSR count). The van der Waals surface area contributed by atoms with Gasteiger partial charge in [-0.25, -0.2) is 13.2 Å². The molecule has 2 N–H and O–H groups in total. The van der Waals surface area contributed by atoms with Crippen molar-refractivity contribution >= 4 is 27.5 Å². The third-order valence-electron chi connectivity index (χ3n) is 10.6. The van der Waals surface area contributed by atoms with E-state index in [1.54, 1.807) is 18.2 Å². The van der Waals surface area contributed by atoms with Crippen molar-refractivity contribution in [1.29, 1.82) is 0 Å². The zero-order valence-electron chi connectivity index (χ0n) is 26.1. The second-order valence-corrected chi connectivity index (χ2v) is 13.4. The number of hydrogen-bond acceptors (Lipinski definition) is 8. The van der Waals surface area contributed by atoms with E-state index in [9.17, 15) is 9.50 Å². The highest BCUT2D eigenvalue weighted by atomic mass is 19.1. The van der Waals surface area contributed by atoms with Crippen molar-refractivity contribution in [3.63, 3.8) is 0 Å². The van der Waals surface area contributed by atoms with Gasteiger partial charge in [-0.05, 0) is 79.3 Å². The highest BCUT2D eigenvalue weighted by Crippen LogP contribution is 2.46. The number of phenols is 1. The molecule has 0 saturated carbocycles. The second kappa shape index (κ2) is 11.2. The molecule has 8 nitrogen and oxygen atoms in total. The lowest BCUT2D eigenvalue weighted by Gasteiger charge is -2.35. The lowest BCUT2D eigenvalue weighted by Crippen LogP contribution is -2.51. The number of piperazine rings is 1. The van der Waals surface area contributed by atoms with Crippen molar-refractivity contribution in [3.05, 3.63) is 47.5 Å². The maximum Gasteiger partial charge on any atom is 0.319 e. The third-order valence-corrected chi connectivity index (χ3v) is 10.6. The first-order chi connectivity index (χ1) is 22.3. The first kappa shape index (κ1) is 29.6. The quantitative estimate of drug-likeness (QED) is 0.261. The normalized spacial score (nSPS) is 25.9. The maximum absolute atomic E-state index is 17.2. The standard InChI is InChI=1S/C35H38F3N5O3/c1-3-24-27(37)8-5-19-11-23(44)12-25(29(19)24)30-28(45-2)13-26-32(31(30)38)40-34(41-33(26)42-16-21-6-7-22(17-42)39-21)46-18-35-9-4-10-43(35)15-20(36)14-35/h5,8,11-13,20-22,39,44H,3-4,6-7,9-10,14-18H2,1-2H3/t20-,21?,22?,35+/m1/s1. The van der Waals surface area contributed by atoms with Gasteiger partial charge >= 0.3 is 6.01 Å². The Bertz CT molecular complexity index is 1840. The van der Waals surface area contributed by atoms with Gasteiger partial charge in [0.25, 0.3) is 0 Å². The van der Waals surface area contributed by atoms with Crippen LogP contribution in [0.2, 0.25) is 0 Å². The molecule has 5 heterocycles. The molecule has 4 saturated heterocycles. The van der Waals surface area contributed by atoms with Gasteiger partial charge in [0.05, 0.1) is 18.2 Å². The Kier molecular flexibility index (Phi) is 7.17. The van der Waals surface area contributed by atoms with Crippen LogP contribution < -0.4 is 19.7 Å². The fraction of sp³-hybridized carbons (Fsp3) is 0.486. The number of fused-ring (bicyclic) bond motifs is 5. The van der Waals surface area contributed by atoms with Crippen LogP contribution in [0.1, 0.15) is 44.6 Å². The Labute approximate surface area is 265 Å². The largest absolute Gasteiger partial charge is 0.508 e. The van der Waals surface area contributed by atoms with Crippen molar-refractivity contribution in [2.75, 3.05) is 44.8 Å². The molecule has 11 heteroatoms. The molecular weight excluding hydrogens is 595 g/mol. The molecule has 0 amide bonds.